The number of aryl methyl sites for hydroxylation is 1. The topological polar surface area (TPSA) is 12.9 Å². The Kier molecular flexibility index (Phi) is 4.47. The summed E-state index contributed by atoms with van der Waals surface area (Å²) in [7, 11) is 0. The van der Waals surface area contributed by atoms with Crippen molar-refractivity contribution in [3.05, 3.63) is 23.0 Å². The third-order valence-corrected chi connectivity index (χ3v) is 3.49. The van der Waals surface area contributed by atoms with Gasteiger partial charge in [0.2, 0.25) is 0 Å². The summed E-state index contributed by atoms with van der Waals surface area (Å²) in [4.78, 5) is 4.11. The standard InChI is InChI=1S/C8H8F3NS2/c1-5-4-14-8(12-5)13-3-2-6(9)7(10)11/h4H,2-3H2,1H3. The van der Waals surface area contributed by atoms with Crippen LogP contribution in [0.15, 0.2) is 21.6 Å². The molecule has 0 spiro atoms. The summed E-state index contributed by atoms with van der Waals surface area (Å²) in [5.74, 6) is -1.04. The molecule has 0 saturated carbocycles. The van der Waals surface area contributed by atoms with Crippen molar-refractivity contribution >= 4 is 23.1 Å². The summed E-state index contributed by atoms with van der Waals surface area (Å²) in [6, 6.07) is 0. The van der Waals surface area contributed by atoms with E-state index in [2.05, 4.69) is 4.98 Å². The van der Waals surface area contributed by atoms with Crippen LogP contribution in [0.1, 0.15) is 12.1 Å². The van der Waals surface area contributed by atoms with Gasteiger partial charge in [0.1, 0.15) is 4.34 Å². The highest BCUT2D eigenvalue weighted by Gasteiger charge is 2.06. The van der Waals surface area contributed by atoms with Crippen LogP contribution < -0.4 is 0 Å². The molecule has 0 aliphatic heterocycles. The third-order valence-electron chi connectivity index (χ3n) is 1.35. The van der Waals surface area contributed by atoms with E-state index in [4.69, 9.17) is 0 Å². The molecule has 0 bridgehead atoms. The lowest BCUT2D eigenvalue weighted by molar-refractivity contribution is 0.373. The molecular formula is C8H8F3NS2. The van der Waals surface area contributed by atoms with Gasteiger partial charge >= 0.3 is 6.08 Å². The maximum absolute atomic E-state index is 12.3. The lowest BCUT2D eigenvalue weighted by atomic mass is 10.4. The predicted molar refractivity (Wildman–Crippen MR) is 52.5 cm³/mol. The zero-order chi connectivity index (χ0) is 10.6. The number of hydrogen-bond acceptors (Lipinski definition) is 3. The van der Waals surface area contributed by atoms with Crippen LogP contribution in [-0.2, 0) is 0 Å². The van der Waals surface area contributed by atoms with Gasteiger partial charge in [0.15, 0.2) is 5.83 Å². The fourth-order valence-electron chi connectivity index (χ4n) is 0.721. The first-order chi connectivity index (χ1) is 6.59. The van der Waals surface area contributed by atoms with Crippen molar-refractivity contribution in [3.8, 4) is 0 Å². The first-order valence-corrected chi connectivity index (χ1v) is 5.70. The Morgan fingerprint density at radius 1 is 1.50 bits per heavy atom. The predicted octanol–water partition coefficient (Wildman–Crippen LogP) is 4.01. The van der Waals surface area contributed by atoms with E-state index in [-0.39, 0.29) is 12.2 Å². The molecule has 1 heterocycles. The summed E-state index contributed by atoms with van der Waals surface area (Å²) in [5, 5.41) is 1.87. The van der Waals surface area contributed by atoms with Gasteiger partial charge in [-0.25, -0.2) is 9.37 Å². The van der Waals surface area contributed by atoms with Gasteiger partial charge in [-0.3, -0.25) is 0 Å². The normalized spacial score (nSPS) is 10.3. The van der Waals surface area contributed by atoms with Crippen LogP contribution in [0.4, 0.5) is 13.2 Å². The summed E-state index contributed by atoms with van der Waals surface area (Å²) < 4.78 is 36.4. The maximum atomic E-state index is 12.3. The molecule has 14 heavy (non-hydrogen) atoms. The number of nitrogens with zero attached hydrogens (tertiary/aromatic N) is 1. The number of thiazole rings is 1. The molecule has 1 aromatic rings. The van der Waals surface area contributed by atoms with Gasteiger partial charge in [0, 0.05) is 23.2 Å². The van der Waals surface area contributed by atoms with Crippen molar-refractivity contribution in [3.63, 3.8) is 0 Å². The Bertz CT molecular complexity index is 331. The average Bonchev–Trinajstić information content (AvgIpc) is 2.51. The molecule has 0 aliphatic carbocycles. The Balaban J connectivity index is 2.32. The maximum Gasteiger partial charge on any atom is 0.301 e. The Labute approximate surface area is 88.0 Å². The molecule has 0 N–H and O–H groups in total. The van der Waals surface area contributed by atoms with Gasteiger partial charge in [0.05, 0.1) is 0 Å². The highest BCUT2D eigenvalue weighted by molar-refractivity contribution is 8.01. The van der Waals surface area contributed by atoms with Crippen LogP contribution in [-0.4, -0.2) is 10.7 Å². The fraction of sp³-hybridized carbons (Fsp3) is 0.375. The molecule has 0 aromatic carbocycles. The highest BCUT2D eigenvalue weighted by atomic mass is 32.2. The quantitative estimate of drug-likeness (QED) is 0.736. The van der Waals surface area contributed by atoms with Crippen LogP contribution in [0.2, 0.25) is 0 Å². The SMILES string of the molecule is Cc1csc(SCCC(F)=C(F)F)n1. The molecule has 0 amide bonds. The van der Waals surface area contributed by atoms with E-state index < -0.39 is 11.9 Å². The molecule has 0 saturated heterocycles. The summed E-state index contributed by atoms with van der Waals surface area (Å²) in [6.07, 6.45) is -2.47. The number of rotatable bonds is 4. The Morgan fingerprint density at radius 3 is 2.71 bits per heavy atom. The summed E-state index contributed by atoms with van der Waals surface area (Å²) in [6.45, 7) is 1.85. The Hall–Kier alpha value is -0.490. The first-order valence-electron chi connectivity index (χ1n) is 3.84. The molecule has 78 valence electrons. The van der Waals surface area contributed by atoms with Crippen LogP contribution in [0.5, 0.6) is 0 Å². The van der Waals surface area contributed by atoms with Gasteiger partial charge in [-0.1, -0.05) is 11.8 Å². The zero-order valence-electron chi connectivity index (χ0n) is 7.39. The van der Waals surface area contributed by atoms with E-state index in [1.54, 1.807) is 0 Å². The molecule has 1 rings (SSSR count). The molecule has 0 atom stereocenters. The molecule has 1 aromatic heterocycles. The van der Waals surface area contributed by atoms with Crippen LogP contribution in [0.3, 0.4) is 0 Å². The minimum atomic E-state index is -2.22. The third kappa shape index (κ3) is 3.71. The number of allylic oxidation sites excluding steroid dienone is 1. The van der Waals surface area contributed by atoms with Crippen molar-refractivity contribution in [1.82, 2.24) is 4.98 Å². The molecule has 0 fully saturated rings. The van der Waals surface area contributed by atoms with Crippen LogP contribution >= 0.6 is 23.1 Å². The average molecular weight is 239 g/mol. The second kappa shape index (κ2) is 5.41. The van der Waals surface area contributed by atoms with Crippen LogP contribution in [0, 0.1) is 6.92 Å². The fourth-order valence-corrected chi connectivity index (χ4v) is 2.57. The van der Waals surface area contributed by atoms with Gasteiger partial charge in [-0.05, 0) is 6.92 Å². The van der Waals surface area contributed by atoms with E-state index >= 15 is 0 Å². The molecule has 1 nitrogen and oxygen atoms in total. The van der Waals surface area contributed by atoms with E-state index in [1.165, 1.54) is 23.1 Å². The van der Waals surface area contributed by atoms with Gasteiger partial charge < -0.3 is 0 Å². The minimum absolute atomic E-state index is 0.244. The van der Waals surface area contributed by atoms with Crippen molar-refractivity contribution in [1.29, 1.82) is 0 Å². The van der Waals surface area contributed by atoms with E-state index in [0.717, 1.165) is 10.0 Å². The molecule has 0 aliphatic rings. The van der Waals surface area contributed by atoms with Crippen molar-refractivity contribution in [2.24, 2.45) is 0 Å². The van der Waals surface area contributed by atoms with E-state index in [0.29, 0.717) is 0 Å². The number of aromatic nitrogens is 1. The van der Waals surface area contributed by atoms with Gasteiger partial charge in [-0.15, -0.1) is 11.3 Å². The molecular weight excluding hydrogens is 231 g/mol. The lowest BCUT2D eigenvalue weighted by Crippen LogP contribution is -1.82. The van der Waals surface area contributed by atoms with E-state index in [1.807, 2.05) is 12.3 Å². The molecule has 6 heteroatoms. The highest BCUT2D eigenvalue weighted by Crippen LogP contribution is 2.25. The van der Waals surface area contributed by atoms with E-state index in [9.17, 15) is 13.2 Å². The summed E-state index contributed by atoms with van der Waals surface area (Å²) in [5.41, 5.74) is 0.894. The first kappa shape index (κ1) is 11.6. The number of hydrogen-bond donors (Lipinski definition) is 0. The van der Waals surface area contributed by atoms with Crippen LogP contribution in [0.25, 0.3) is 0 Å². The Morgan fingerprint density at radius 2 is 2.21 bits per heavy atom. The number of thioether (sulfide) groups is 1. The second-order valence-corrected chi connectivity index (χ2v) is 4.72. The number of halogens is 3. The minimum Gasteiger partial charge on any atom is -0.235 e. The smallest absolute Gasteiger partial charge is 0.235 e. The van der Waals surface area contributed by atoms with Crippen molar-refractivity contribution in [2.45, 2.75) is 17.7 Å². The zero-order valence-corrected chi connectivity index (χ0v) is 9.02. The van der Waals surface area contributed by atoms with Crippen molar-refractivity contribution in [2.75, 3.05) is 5.75 Å². The van der Waals surface area contributed by atoms with Crippen molar-refractivity contribution < 1.29 is 13.2 Å². The van der Waals surface area contributed by atoms with Gasteiger partial charge in [-0.2, -0.15) is 8.78 Å². The molecule has 0 radical (unpaired) electrons. The summed E-state index contributed by atoms with van der Waals surface area (Å²) >= 11 is 2.72. The molecule has 0 unspecified atom stereocenters. The largest absolute Gasteiger partial charge is 0.301 e. The lowest BCUT2D eigenvalue weighted by Gasteiger charge is -1.94. The van der Waals surface area contributed by atoms with Gasteiger partial charge in [0.25, 0.3) is 0 Å². The second-order valence-electron chi connectivity index (χ2n) is 2.52. The monoisotopic (exact) mass is 239 g/mol.